The topological polar surface area (TPSA) is 15.6 Å². The third-order valence-electron chi connectivity index (χ3n) is 4.54. The molecule has 0 saturated carbocycles. The summed E-state index contributed by atoms with van der Waals surface area (Å²) in [4.78, 5) is 4.93. The predicted octanol–water partition coefficient (Wildman–Crippen LogP) is 6.54. The van der Waals surface area contributed by atoms with Crippen LogP contribution in [0.1, 0.15) is 33.4 Å². The van der Waals surface area contributed by atoms with E-state index in [1.54, 1.807) is 0 Å². The molecule has 2 nitrogen and oxygen atoms in total. The second-order valence-electron chi connectivity index (χ2n) is 8.28. The highest BCUT2D eigenvalue weighted by molar-refractivity contribution is 6.82. The Morgan fingerprint density at radius 3 is 1.52 bits per heavy atom. The Morgan fingerprint density at radius 2 is 1.12 bits per heavy atom. The minimum Gasteiger partial charge on any atom is -0.360 e. The molecular weight excluding hydrogens is 320 g/mol. The van der Waals surface area contributed by atoms with E-state index in [-0.39, 0.29) is 0 Å². The molecule has 0 spiro atoms. The number of aliphatic imine (C=N–C) groups is 1. The van der Waals surface area contributed by atoms with Crippen molar-refractivity contribution in [3.63, 3.8) is 0 Å². The number of hydrogen-bond acceptors (Lipinski definition) is 1. The zero-order chi connectivity index (χ0) is 18.9. The molecule has 0 aliphatic rings. The smallest absolute Gasteiger partial charge is 0.154 e. The van der Waals surface area contributed by atoms with Crippen molar-refractivity contribution in [3.8, 4) is 0 Å². The second kappa shape index (κ2) is 7.16. The van der Waals surface area contributed by atoms with Crippen molar-refractivity contribution in [1.29, 1.82) is 0 Å². The second-order valence-corrected chi connectivity index (χ2v) is 13.1. The van der Waals surface area contributed by atoms with Gasteiger partial charge in [-0.2, -0.15) is 0 Å². The van der Waals surface area contributed by atoms with Crippen LogP contribution in [0.15, 0.2) is 29.3 Å². The van der Waals surface area contributed by atoms with Gasteiger partial charge >= 0.3 is 0 Å². The Hall–Kier alpha value is -1.87. The summed E-state index contributed by atoms with van der Waals surface area (Å²) in [5.41, 5.74) is 10.1. The van der Waals surface area contributed by atoms with Gasteiger partial charge in [0.1, 0.15) is 0 Å². The Morgan fingerprint density at radius 1 is 0.720 bits per heavy atom. The standard InChI is InChI=1S/C22H32N2Si/c1-15-10-17(3)21(18(4)11-15)23-14-24(25(7,8)9)22-19(5)12-16(2)13-20(22)6/h10-14H,1-9H3/b23-14+. The molecular formula is C22H32N2Si. The minimum atomic E-state index is -1.62. The fraction of sp³-hybridized carbons (Fsp3) is 0.409. The quantitative estimate of drug-likeness (QED) is 0.346. The Kier molecular flexibility index (Phi) is 5.57. The highest BCUT2D eigenvalue weighted by Crippen LogP contribution is 2.31. The molecule has 25 heavy (non-hydrogen) atoms. The van der Waals surface area contributed by atoms with Crippen molar-refractivity contribution < 1.29 is 0 Å². The van der Waals surface area contributed by atoms with Gasteiger partial charge in [-0.1, -0.05) is 55.0 Å². The lowest BCUT2D eigenvalue weighted by atomic mass is 10.1. The van der Waals surface area contributed by atoms with E-state index in [4.69, 9.17) is 4.99 Å². The van der Waals surface area contributed by atoms with Gasteiger partial charge in [0.15, 0.2) is 8.24 Å². The normalized spacial score (nSPS) is 12.0. The zero-order valence-electron chi connectivity index (χ0n) is 17.3. The average molecular weight is 353 g/mol. The third kappa shape index (κ3) is 4.40. The number of hydrogen-bond donors (Lipinski definition) is 0. The molecule has 0 heterocycles. The molecule has 0 atom stereocenters. The van der Waals surface area contributed by atoms with Crippen molar-refractivity contribution in [2.45, 2.75) is 61.2 Å². The van der Waals surface area contributed by atoms with Crippen molar-refractivity contribution >= 4 is 25.9 Å². The van der Waals surface area contributed by atoms with Crippen LogP contribution in [0.3, 0.4) is 0 Å². The number of rotatable bonds is 4. The van der Waals surface area contributed by atoms with Crippen molar-refractivity contribution in [2.75, 3.05) is 4.57 Å². The Bertz CT molecular complexity index is 767. The molecule has 0 N–H and O–H groups in total. The molecule has 0 saturated heterocycles. The van der Waals surface area contributed by atoms with Crippen LogP contribution in [0, 0.1) is 41.5 Å². The van der Waals surface area contributed by atoms with Crippen molar-refractivity contribution in [2.24, 2.45) is 4.99 Å². The molecule has 0 fully saturated rings. The monoisotopic (exact) mass is 352 g/mol. The van der Waals surface area contributed by atoms with Crippen molar-refractivity contribution in [1.82, 2.24) is 0 Å². The molecule has 0 amide bonds. The van der Waals surface area contributed by atoms with Crippen LogP contribution >= 0.6 is 0 Å². The minimum absolute atomic E-state index is 1.09. The van der Waals surface area contributed by atoms with E-state index >= 15 is 0 Å². The maximum Gasteiger partial charge on any atom is 0.154 e. The van der Waals surface area contributed by atoms with E-state index in [2.05, 4.69) is 96.4 Å². The van der Waals surface area contributed by atoms with Crippen LogP contribution in [0.25, 0.3) is 0 Å². The summed E-state index contributed by atoms with van der Waals surface area (Å²) < 4.78 is 2.44. The summed E-state index contributed by atoms with van der Waals surface area (Å²) in [6.07, 6.45) is 2.07. The summed E-state index contributed by atoms with van der Waals surface area (Å²) in [6.45, 7) is 20.1. The predicted molar refractivity (Wildman–Crippen MR) is 115 cm³/mol. The molecule has 0 aromatic heterocycles. The van der Waals surface area contributed by atoms with E-state index in [0.29, 0.717) is 0 Å². The highest BCUT2D eigenvalue weighted by atomic mass is 28.3. The van der Waals surface area contributed by atoms with E-state index in [1.165, 1.54) is 39.1 Å². The molecule has 2 aromatic carbocycles. The first kappa shape index (κ1) is 19.5. The summed E-state index contributed by atoms with van der Waals surface area (Å²) in [7, 11) is -1.62. The largest absolute Gasteiger partial charge is 0.360 e. The average Bonchev–Trinajstić information content (AvgIpc) is 2.41. The van der Waals surface area contributed by atoms with Gasteiger partial charge in [-0.15, -0.1) is 0 Å². The van der Waals surface area contributed by atoms with Crippen LogP contribution in [0.2, 0.25) is 19.6 Å². The van der Waals surface area contributed by atoms with Crippen LogP contribution in [-0.2, 0) is 0 Å². The van der Waals surface area contributed by atoms with Gasteiger partial charge in [-0.25, -0.2) is 4.99 Å². The lowest BCUT2D eigenvalue weighted by Gasteiger charge is -2.35. The summed E-state index contributed by atoms with van der Waals surface area (Å²) in [6, 6.07) is 8.96. The molecule has 3 heteroatoms. The molecule has 0 aliphatic heterocycles. The van der Waals surface area contributed by atoms with Crippen LogP contribution < -0.4 is 4.57 Å². The van der Waals surface area contributed by atoms with E-state index in [9.17, 15) is 0 Å². The van der Waals surface area contributed by atoms with Gasteiger partial charge in [0, 0.05) is 5.69 Å². The lowest BCUT2D eigenvalue weighted by molar-refractivity contribution is 1.25. The first-order valence-electron chi connectivity index (χ1n) is 9.00. The van der Waals surface area contributed by atoms with Crippen LogP contribution in [-0.4, -0.2) is 14.6 Å². The van der Waals surface area contributed by atoms with E-state index in [0.717, 1.165) is 5.69 Å². The Balaban J connectivity index is 2.55. The molecule has 0 radical (unpaired) electrons. The molecule has 0 aliphatic carbocycles. The summed E-state index contributed by atoms with van der Waals surface area (Å²) >= 11 is 0. The molecule has 0 unspecified atom stereocenters. The first-order chi connectivity index (χ1) is 11.5. The molecule has 2 rings (SSSR count). The van der Waals surface area contributed by atoms with Crippen molar-refractivity contribution in [3.05, 3.63) is 57.6 Å². The fourth-order valence-electron chi connectivity index (χ4n) is 3.61. The van der Waals surface area contributed by atoms with Crippen LogP contribution in [0.4, 0.5) is 11.4 Å². The molecule has 134 valence electrons. The number of anilines is 1. The summed E-state index contributed by atoms with van der Waals surface area (Å²) in [5, 5.41) is 0. The van der Waals surface area contributed by atoms with Gasteiger partial charge in [0.05, 0.1) is 12.0 Å². The number of benzene rings is 2. The summed E-state index contributed by atoms with van der Waals surface area (Å²) in [5.74, 6) is 0. The van der Waals surface area contributed by atoms with Crippen LogP contribution in [0.5, 0.6) is 0 Å². The maximum atomic E-state index is 4.93. The maximum absolute atomic E-state index is 4.93. The molecule has 0 bridgehead atoms. The number of aryl methyl sites for hydroxylation is 6. The number of nitrogens with zero attached hydrogens (tertiary/aromatic N) is 2. The van der Waals surface area contributed by atoms with E-state index < -0.39 is 8.24 Å². The Labute approximate surface area is 154 Å². The zero-order valence-corrected chi connectivity index (χ0v) is 18.3. The first-order valence-corrected chi connectivity index (χ1v) is 12.4. The highest BCUT2D eigenvalue weighted by Gasteiger charge is 2.26. The SMILES string of the molecule is Cc1cc(C)c(/N=C/N(c2c(C)cc(C)cc2C)[Si](C)(C)C)c(C)c1. The van der Waals surface area contributed by atoms with Gasteiger partial charge in [0.2, 0.25) is 0 Å². The fourth-order valence-corrected chi connectivity index (χ4v) is 5.04. The van der Waals surface area contributed by atoms with E-state index in [1.807, 2.05) is 0 Å². The van der Waals surface area contributed by atoms with Gasteiger partial charge in [-0.3, -0.25) is 0 Å². The van der Waals surface area contributed by atoms with Gasteiger partial charge < -0.3 is 4.57 Å². The lowest BCUT2D eigenvalue weighted by Crippen LogP contribution is -2.46. The van der Waals surface area contributed by atoms with Gasteiger partial charge in [-0.05, 0) is 63.8 Å². The van der Waals surface area contributed by atoms with Gasteiger partial charge in [0.25, 0.3) is 0 Å². The third-order valence-corrected chi connectivity index (χ3v) is 6.32. The molecule has 2 aromatic rings.